The van der Waals surface area contributed by atoms with E-state index >= 15 is 0 Å². The second-order valence-corrected chi connectivity index (χ2v) is 8.46. The van der Waals surface area contributed by atoms with Gasteiger partial charge in [0.1, 0.15) is 0 Å². The first-order valence-electron chi connectivity index (χ1n) is 6.59. The number of halogens is 2. The van der Waals surface area contributed by atoms with Gasteiger partial charge in [-0.3, -0.25) is 0 Å². The molecule has 2 rings (SSSR count). The van der Waals surface area contributed by atoms with Crippen LogP contribution in [0.5, 0.6) is 0 Å². The first-order valence-corrected chi connectivity index (χ1v) is 9.66. The number of hydrogen-bond donors (Lipinski definition) is 2. The highest BCUT2D eigenvalue weighted by atomic mass is 79.9. The molecule has 2 N–H and O–H groups in total. The molecule has 1 atom stereocenters. The summed E-state index contributed by atoms with van der Waals surface area (Å²) < 4.78 is 28.7. The van der Waals surface area contributed by atoms with Crippen LogP contribution in [0.3, 0.4) is 0 Å². The summed E-state index contributed by atoms with van der Waals surface area (Å²) in [6, 6.07) is 3.87. The SMILES string of the molecule is Cc1cc(Br)c(S(=O)(=O)NCC[C@H]2CCCN2)cc1Br. The maximum absolute atomic E-state index is 12.3. The average molecular weight is 426 g/mol. The summed E-state index contributed by atoms with van der Waals surface area (Å²) in [6.45, 7) is 3.41. The largest absolute Gasteiger partial charge is 0.314 e. The van der Waals surface area contributed by atoms with E-state index in [2.05, 4.69) is 41.9 Å². The van der Waals surface area contributed by atoms with Crippen molar-refractivity contribution in [2.24, 2.45) is 0 Å². The van der Waals surface area contributed by atoms with E-state index in [1.54, 1.807) is 12.1 Å². The van der Waals surface area contributed by atoms with Gasteiger partial charge in [0, 0.05) is 21.5 Å². The predicted octanol–water partition coefficient (Wildman–Crippen LogP) is 2.94. The molecule has 7 heteroatoms. The van der Waals surface area contributed by atoms with Gasteiger partial charge in [0.15, 0.2) is 0 Å². The fraction of sp³-hybridized carbons (Fsp3) is 0.538. The maximum atomic E-state index is 12.3. The van der Waals surface area contributed by atoms with E-state index in [0.29, 0.717) is 17.1 Å². The van der Waals surface area contributed by atoms with Crippen LogP contribution >= 0.6 is 31.9 Å². The van der Waals surface area contributed by atoms with Crippen molar-refractivity contribution in [3.05, 3.63) is 26.6 Å². The van der Waals surface area contributed by atoms with Crippen LogP contribution in [-0.4, -0.2) is 27.5 Å². The van der Waals surface area contributed by atoms with Gasteiger partial charge in [-0.15, -0.1) is 0 Å². The van der Waals surface area contributed by atoms with Crippen LogP contribution in [-0.2, 0) is 10.0 Å². The van der Waals surface area contributed by atoms with E-state index in [1.165, 1.54) is 6.42 Å². The minimum atomic E-state index is -3.48. The molecule has 1 aromatic rings. The van der Waals surface area contributed by atoms with Crippen LogP contribution in [0.15, 0.2) is 26.0 Å². The Morgan fingerprint density at radius 1 is 1.35 bits per heavy atom. The Morgan fingerprint density at radius 3 is 2.75 bits per heavy atom. The Hall–Kier alpha value is 0.0500. The van der Waals surface area contributed by atoms with E-state index in [9.17, 15) is 8.42 Å². The molecule has 1 saturated heterocycles. The van der Waals surface area contributed by atoms with Gasteiger partial charge in [0.05, 0.1) is 4.90 Å². The van der Waals surface area contributed by atoms with Crippen molar-refractivity contribution in [2.45, 2.75) is 37.1 Å². The third-order valence-electron chi connectivity index (χ3n) is 3.45. The van der Waals surface area contributed by atoms with Crippen molar-refractivity contribution in [3.8, 4) is 0 Å². The Kier molecular flexibility index (Phi) is 5.64. The minimum absolute atomic E-state index is 0.273. The zero-order valence-corrected chi connectivity index (χ0v) is 15.2. The van der Waals surface area contributed by atoms with Crippen LogP contribution in [0.1, 0.15) is 24.8 Å². The summed E-state index contributed by atoms with van der Waals surface area (Å²) in [5.74, 6) is 0. The number of rotatable bonds is 5. The molecule has 0 radical (unpaired) electrons. The quantitative estimate of drug-likeness (QED) is 0.762. The van der Waals surface area contributed by atoms with Crippen LogP contribution in [0.25, 0.3) is 0 Å². The average Bonchev–Trinajstić information content (AvgIpc) is 2.86. The Labute approximate surface area is 137 Å². The minimum Gasteiger partial charge on any atom is -0.314 e. The third kappa shape index (κ3) is 4.04. The number of nitrogens with one attached hydrogen (secondary N) is 2. The first kappa shape index (κ1) is 16.4. The molecule has 1 fully saturated rings. The first-order chi connectivity index (χ1) is 9.40. The summed E-state index contributed by atoms with van der Waals surface area (Å²) >= 11 is 6.69. The van der Waals surface area contributed by atoms with Gasteiger partial charge < -0.3 is 5.32 Å². The molecule has 4 nitrogen and oxygen atoms in total. The predicted molar refractivity (Wildman–Crippen MR) is 87.4 cm³/mol. The van der Waals surface area contributed by atoms with Gasteiger partial charge in [-0.1, -0.05) is 15.9 Å². The lowest BCUT2D eigenvalue weighted by atomic mass is 10.2. The van der Waals surface area contributed by atoms with Gasteiger partial charge >= 0.3 is 0 Å². The van der Waals surface area contributed by atoms with E-state index in [0.717, 1.165) is 29.4 Å². The van der Waals surface area contributed by atoms with Gasteiger partial charge in [0.2, 0.25) is 10.0 Å². The molecule has 1 aliphatic heterocycles. The topological polar surface area (TPSA) is 58.2 Å². The molecule has 20 heavy (non-hydrogen) atoms. The zero-order chi connectivity index (χ0) is 14.8. The van der Waals surface area contributed by atoms with Gasteiger partial charge in [-0.2, -0.15) is 0 Å². The number of hydrogen-bond acceptors (Lipinski definition) is 3. The lowest BCUT2D eigenvalue weighted by molar-refractivity contribution is 0.539. The second kappa shape index (κ2) is 6.87. The summed E-state index contributed by atoms with van der Waals surface area (Å²) in [5.41, 5.74) is 0.992. The fourth-order valence-corrected chi connectivity index (χ4v) is 5.01. The Bertz CT molecular complexity index is 584. The lowest BCUT2D eigenvalue weighted by Crippen LogP contribution is -2.30. The highest BCUT2D eigenvalue weighted by molar-refractivity contribution is 9.11. The Morgan fingerprint density at radius 2 is 2.10 bits per heavy atom. The van der Waals surface area contributed by atoms with Gasteiger partial charge in [0.25, 0.3) is 0 Å². The van der Waals surface area contributed by atoms with E-state index in [1.807, 2.05) is 6.92 Å². The Balaban J connectivity index is 2.04. The van der Waals surface area contributed by atoms with Crippen molar-refractivity contribution in [3.63, 3.8) is 0 Å². The van der Waals surface area contributed by atoms with E-state index < -0.39 is 10.0 Å². The fourth-order valence-electron chi connectivity index (χ4n) is 2.28. The third-order valence-corrected chi connectivity index (χ3v) is 6.72. The summed E-state index contributed by atoms with van der Waals surface area (Å²) in [6.07, 6.45) is 3.12. The van der Waals surface area contributed by atoms with Crippen molar-refractivity contribution >= 4 is 41.9 Å². The zero-order valence-electron chi connectivity index (χ0n) is 11.2. The van der Waals surface area contributed by atoms with E-state index in [4.69, 9.17) is 0 Å². The molecule has 1 aliphatic rings. The van der Waals surface area contributed by atoms with Crippen LogP contribution in [0, 0.1) is 6.92 Å². The van der Waals surface area contributed by atoms with Crippen LogP contribution in [0.4, 0.5) is 0 Å². The summed E-state index contributed by atoms with van der Waals surface area (Å²) in [4.78, 5) is 0.273. The molecule has 112 valence electrons. The van der Waals surface area contributed by atoms with Crippen molar-refractivity contribution < 1.29 is 8.42 Å². The summed E-state index contributed by atoms with van der Waals surface area (Å²) in [5, 5.41) is 3.36. The molecular formula is C13H18Br2N2O2S. The van der Waals surface area contributed by atoms with Crippen molar-refractivity contribution in [1.82, 2.24) is 10.0 Å². The smallest absolute Gasteiger partial charge is 0.241 e. The van der Waals surface area contributed by atoms with Gasteiger partial charge in [-0.25, -0.2) is 13.1 Å². The molecule has 0 unspecified atom stereocenters. The second-order valence-electron chi connectivity index (χ2n) is 5.01. The lowest BCUT2D eigenvalue weighted by Gasteiger charge is -2.13. The van der Waals surface area contributed by atoms with Crippen molar-refractivity contribution in [2.75, 3.05) is 13.1 Å². The normalized spacial score (nSPS) is 19.4. The summed E-state index contributed by atoms with van der Waals surface area (Å²) in [7, 11) is -3.48. The molecule has 0 aliphatic carbocycles. The number of aryl methyl sites for hydroxylation is 1. The molecule has 1 heterocycles. The molecule has 0 saturated carbocycles. The van der Waals surface area contributed by atoms with Crippen LogP contribution in [0.2, 0.25) is 0 Å². The molecule has 0 aromatic heterocycles. The highest BCUT2D eigenvalue weighted by Gasteiger charge is 2.20. The molecular weight excluding hydrogens is 408 g/mol. The van der Waals surface area contributed by atoms with Crippen molar-refractivity contribution in [1.29, 1.82) is 0 Å². The van der Waals surface area contributed by atoms with E-state index in [-0.39, 0.29) is 4.90 Å². The standard InChI is InChI=1S/C13H18Br2N2O2S/c1-9-7-12(15)13(8-11(9)14)20(18,19)17-6-4-10-3-2-5-16-10/h7-8,10,16-17H,2-6H2,1H3/t10-/m1/s1. The monoisotopic (exact) mass is 424 g/mol. The van der Waals surface area contributed by atoms with Gasteiger partial charge in [-0.05, 0) is 66.4 Å². The van der Waals surface area contributed by atoms with Crippen LogP contribution < -0.4 is 10.0 Å². The molecule has 1 aromatic carbocycles. The molecule has 0 amide bonds. The number of sulfonamides is 1. The maximum Gasteiger partial charge on any atom is 0.241 e. The molecule has 0 spiro atoms. The highest BCUT2D eigenvalue weighted by Crippen LogP contribution is 2.28. The number of benzene rings is 1. The molecule has 0 bridgehead atoms.